The number of anilines is 1. The van der Waals surface area contributed by atoms with Crippen LogP contribution in [0.5, 0.6) is 5.75 Å². The second kappa shape index (κ2) is 3.85. The third kappa shape index (κ3) is 2.90. The second-order valence-corrected chi connectivity index (χ2v) is 4.49. The molecule has 0 aliphatic carbocycles. The fraction of sp³-hybridized carbons (Fsp3) is 0.250. The largest absolute Gasteiger partial charge is 0.496 e. The first-order valence-corrected chi connectivity index (χ1v) is 5.57. The molecule has 78 valence electrons. The number of methoxy groups -OCH3 is 1. The fourth-order valence-electron chi connectivity index (χ4n) is 1.10. The molecule has 0 heterocycles. The molecule has 14 heavy (non-hydrogen) atoms. The van der Waals surface area contributed by atoms with Crippen molar-refractivity contribution in [2.75, 3.05) is 12.8 Å². The molecular weight excluding hydrogens is 204 g/mol. The van der Waals surface area contributed by atoms with Crippen molar-refractivity contribution in [1.29, 1.82) is 0 Å². The van der Waals surface area contributed by atoms with E-state index >= 15 is 0 Å². The Morgan fingerprint density at radius 3 is 2.57 bits per heavy atom. The Balaban J connectivity index is 3.09. The molecule has 0 bridgehead atoms. The number of rotatable bonds is 3. The van der Waals surface area contributed by atoms with Gasteiger partial charge in [0.1, 0.15) is 5.75 Å². The number of sulfonamides is 1. The van der Waals surface area contributed by atoms with Crippen LogP contribution in [0.25, 0.3) is 0 Å². The van der Waals surface area contributed by atoms with Crippen LogP contribution in [0.1, 0.15) is 5.56 Å². The molecule has 0 amide bonds. The molecule has 5 nitrogen and oxygen atoms in total. The molecule has 0 fully saturated rings. The van der Waals surface area contributed by atoms with Gasteiger partial charge >= 0.3 is 0 Å². The first kappa shape index (κ1) is 10.8. The number of primary sulfonamides is 1. The van der Waals surface area contributed by atoms with Crippen LogP contribution >= 0.6 is 0 Å². The van der Waals surface area contributed by atoms with Crippen LogP contribution in [0.3, 0.4) is 0 Å². The van der Waals surface area contributed by atoms with Gasteiger partial charge in [0, 0.05) is 17.3 Å². The van der Waals surface area contributed by atoms with E-state index in [1.807, 2.05) is 0 Å². The Morgan fingerprint density at radius 1 is 1.43 bits per heavy atom. The quantitative estimate of drug-likeness (QED) is 0.699. The van der Waals surface area contributed by atoms with E-state index < -0.39 is 10.0 Å². The van der Waals surface area contributed by atoms with Gasteiger partial charge in [-0.25, -0.2) is 13.6 Å². The second-order valence-electron chi connectivity index (χ2n) is 2.88. The molecule has 1 rings (SSSR count). The first-order valence-electron chi connectivity index (χ1n) is 3.85. The van der Waals surface area contributed by atoms with Gasteiger partial charge in [-0.15, -0.1) is 0 Å². The van der Waals surface area contributed by atoms with E-state index in [4.69, 9.17) is 15.6 Å². The van der Waals surface area contributed by atoms with Crippen molar-refractivity contribution in [3.63, 3.8) is 0 Å². The van der Waals surface area contributed by atoms with E-state index in [-0.39, 0.29) is 5.75 Å². The van der Waals surface area contributed by atoms with Crippen LogP contribution in [0, 0.1) is 0 Å². The number of ether oxygens (including phenoxy) is 1. The molecule has 1 aromatic rings. The number of hydrogen-bond donors (Lipinski definition) is 2. The monoisotopic (exact) mass is 216 g/mol. The van der Waals surface area contributed by atoms with Gasteiger partial charge in [0.2, 0.25) is 10.0 Å². The van der Waals surface area contributed by atoms with Gasteiger partial charge < -0.3 is 10.5 Å². The lowest BCUT2D eigenvalue weighted by molar-refractivity contribution is 0.411. The molecule has 0 saturated carbocycles. The number of benzene rings is 1. The van der Waals surface area contributed by atoms with Crippen LogP contribution in [0.4, 0.5) is 5.69 Å². The number of nitrogen functional groups attached to an aromatic ring is 1. The maximum absolute atomic E-state index is 10.8. The van der Waals surface area contributed by atoms with Crippen LogP contribution < -0.4 is 15.6 Å². The molecule has 0 aromatic heterocycles. The van der Waals surface area contributed by atoms with Gasteiger partial charge in [-0.1, -0.05) is 6.07 Å². The highest BCUT2D eigenvalue weighted by molar-refractivity contribution is 7.88. The van der Waals surface area contributed by atoms with E-state index in [1.54, 1.807) is 18.2 Å². The van der Waals surface area contributed by atoms with E-state index in [9.17, 15) is 8.42 Å². The summed E-state index contributed by atoms with van der Waals surface area (Å²) in [5.74, 6) is 0.176. The summed E-state index contributed by atoms with van der Waals surface area (Å²) in [6, 6.07) is 4.74. The SMILES string of the molecule is COc1cc(N)ccc1CS(N)(=O)=O. The third-order valence-corrected chi connectivity index (χ3v) is 2.38. The zero-order valence-corrected chi connectivity index (χ0v) is 8.54. The van der Waals surface area contributed by atoms with Crippen molar-refractivity contribution in [2.45, 2.75) is 5.75 Å². The van der Waals surface area contributed by atoms with Gasteiger partial charge in [-0.05, 0) is 6.07 Å². The summed E-state index contributed by atoms with van der Waals surface area (Å²) in [5, 5.41) is 4.91. The molecule has 4 N–H and O–H groups in total. The van der Waals surface area contributed by atoms with Gasteiger partial charge in [0.05, 0.1) is 12.9 Å². The highest BCUT2D eigenvalue weighted by atomic mass is 32.2. The maximum Gasteiger partial charge on any atom is 0.213 e. The Hall–Kier alpha value is -1.27. The lowest BCUT2D eigenvalue weighted by atomic mass is 10.2. The van der Waals surface area contributed by atoms with E-state index in [0.717, 1.165) is 0 Å². The molecule has 0 spiro atoms. The van der Waals surface area contributed by atoms with E-state index in [1.165, 1.54) is 7.11 Å². The predicted octanol–water partition coefficient (Wildman–Crippen LogP) is 0.0659. The fourth-order valence-corrected chi connectivity index (χ4v) is 1.77. The molecule has 0 aliphatic heterocycles. The van der Waals surface area contributed by atoms with Gasteiger partial charge in [0.25, 0.3) is 0 Å². The average Bonchev–Trinajstić information content (AvgIpc) is 2.06. The van der Waals surface area contributed by atoms with Crippen molar-refractivity contribution in [2.24, 2.45) is 5.14 Å². The summed E-state index contributed by atoms with van der Waals surface area (Å²) < 4.78 is 26.7. The van der Waals surface area contributed by atoms with Crippen LogP contribution in [-0.2, 0) is 15.8 Å². The lowest BCUT2D eigenvalue weighted by Gasteiger charge is -2.07. The zero-order valence-electron chi connectivity index (χ0n) is 7.73. The molecule has 0 unspecified atom stereocenters. The summed E-state index contributed by atoms with van der Waals surface area (Å²) in [4.78, 5) is 0. The lowest BCUT2D eigenvalue weighted by Crippen LogP contribution is -2.15. The average molecular weight is 216 g/mol. The summed E-state index contributed by atoms with van der Waals surface area (Å²) in [5.41, 5.74) is 6.52. The van der Waals surface area contributed by atoms with Crippen molar-refractivity contribution < 1.29 is 13.2 Å². The van der Waals surface area contributed by atoms with Gasteiger partial charge in [-0.2, -0.15) is 0 Å². The van der Waals surface area contributed by atoms with Gasteiger partial charge in [0.15, 0.2) is 0 Å². The number of hydrogen-bond acceptors (Lipinski definition) is 4. The molecule has 0 atom stereocenters. The molecule has 0 aliphatic rings. The summed E-state index contributed by atoms with van der Waals surface area (Å²) in [6.45, 7) is 0. The maximum atomic E-state index is 10.8. The van der Waals surface area contributed by atoms with Crippen molar-refractivity contribution in [3.05, 3.63) is 23.8 Å². The Kier molecular flexibility index (Phi) is 2.97. The summed E-state index contributed by atoms with van der Waals surface area (Å²) in [7, 11) is -2.10. The minimum absolute atomic E-state index is 0.254. The smallest absolute Gasteiger partial charge is 0.213 e. The molecule has 1 aromatic carbocycles. The van der Waals surface area contributed by atoms with Crippen LogP contribution in [0.15, 0.2) is 18.2 Å². The summed E-state index contributed by atoms with van der Waals surface area (Å²) >= 11 is 0. The topological polar surface area (TPSA) is 95.4 Å². The van der Waals surface area contributed by atoms with Crippen LogP contribution in [0.2, 0.25) is 0 Å². The highest BCUT2D eigenvalue weighted by Gasteiger charge is 2.10. The van der Waals surface area contributed by atoms with E-state index in [2.05, 4.69) is 0 Å². The molecule has 0 radical (unpaired) electrons. The van der Waals surface area contributed by atoms with Crippen molar-refractivity contribution >= 4 is 15.7 Å². The van der Waals surface area contributed by atoms with Gasteiger partial charge in [-0.3, -0.25) is 0 Å². The number of nitrogens with two attached hydrogens (primary N) is 2. The highest BCUT2D eigenvalue weighted by Crippen LogP contribution is 2.22. The molecular formula is C8H12N2O3S. The zero-order chi connectivity index (χ0) is 10.8. The van der Waals surface area contributed by atoms with Crippen molar-refractivity contribution in [1.82, 2.24) is 0 Å². The minimum Gasteiger partial charge on any atom is -0.496 e. The predicted molar refractivity (Wildman–Crippen MR) is 54.2 cm³/mol. The Labute approximate surface area is 82.7 Å². The third-order valence-electron chi connectivity index (χ3n) is 1.67. The van der Waals surface area contributed by atoms with E-state index in [0.29, 0.717) is 17.0 Å². The van der Waals surface area contributed by atoms with Crippen LogP contribution in [-0.4, -0.2) is 15.5 Å². The minimum atomic E-state index is -3.54. The Bertz CT molecular complexity index is 428. The Morgan fingerprint density at radius 2 is 2.07 bits per heavy atom. The van der Waals surface area contributed by atoms with Crippen molar-refractivity contribution in [3.8, 4) is 5.75 Å². The first-order chi connectivity index (χ1) is 6.42. The normalized spacial score (nSPS) is 11.3. The molecule has 6 heteroatoms. The summed E-state index contributed by atoms with van der Waals surface area (Å²) in [6.07, 6.45) is 0. The standard InChI is InChI=1S/C8H12N2O3S/c1-13-8-4-7(9)3-2-6(8)5-14(10,11)12/h2-4H,5,9H2,1H3,(H2,10,11,12). The molecule has 0 saturated heterocycles.